The Hall–Kier alpha value is -3.47. The number of aromatic nitrogens is 1. The van der Waals surface area contributed by atoms with Crippen molar-refractivity contribution in [3.8, 4) is 11.3 Å². The van der Waals surface area contributed by atoms with Gasteiger partial charge in [0.1, 0.15) is 0 Å². The second-order valence-corrected chi connectivity index (χ2v) is 6.15. The summed E-state index contributed by atoms with van der Waals surface area (Å²) in [7, 11) is 0. The predicted molar refractivity (Wildman–Crippen MR) is 101 cm³/mol. The van der Waals surface area contributed by atoms with E-state index in [0.717, 1.165) is 11.1 Å². The summed E-state index contributed by atoms with van der Waals surface area (Å²) in [6.07, 6.45) is 1.67. The van der Waals surface area contributed by atoms with Crippen molar-refractivity contribution in [3.63, 3.8) is 0 Å². The van der Waals surface area contributed by atoms with Crippen molar-refractivity contribution >= 4 is 23.2 Å². The molecule has 0 saturated heterocycles. The zero-order valence-corrected chi connectivity index (χ0v) is 14.3. The number of nitrogens with zero attached hydrogens (tertiary/aromatic N) is 2. The Morgan fingerprint density at radius 2 is 1.77 bits per heavy atom. The number of hydrogen-bond donors (Lipinski definition) is 1. The summed E-state index contributed by atoms with van der Waals surface area (Å²) in [5.41, 5.74) is 4.38. The van der Waals surface area contributed by atoms with Crippen molar-refractivity contribution in [1.29, 1.82) is 0 Å². The van der Waals surface area contributed by atoms with Gasteiger partial charge in [-0.2, -0.15) is 0 Å². The van der Waals surface area contributed by atoms with Gasteiger partial charge in [-0.3, -0.25) is 14.6 Å². The monoisotopic (exact) mass is 343 g/mol. The molecule has 0 unspecified atom stereocenters. The molecule has 26 heavy (non-hydrogen) atoms. The third-order valence-corrected chi connectivity index (χ3v) is 4.39. The topological polar surface area (TPSA) is 62.3 Å². The lowest BCUT2D eigenvalue weighted by Crippen LogP contribution is -2.25. The van der Waals surface area contributed by atoms with Crippen molar-refractivity contribution in [2.24, 2.45) is 0 Å². The molecular formula is C21H17N3O2. The van der Waals surface area contributed by atoms with Gasteiger partial charge in [0.2, 0.25) is 5.91 Å². The molecule has 0 bridgehead atoms. The van der Waals surface area contributed by atoms with Crippen LogP contribution < -0.4 is 10.2 Å². The molecule has 2 amide bonds. The molecule has 0 atom stereocenters. The van der Waals surface area contributed by atoms with Gasteiger partial charge in [0.25, 0.3) is 5.91 Å². The van der Waals surface area contributed by atoms with Crippen LogP contribution in [0, 0.1) is 0 Å². The third kappa shape index (κ3) is 2.73. The van der Waals surface area contributed by atoms with E-state index in [2.05, 4.69) is 10.3 Å². The van der Waals surface area contributed by atoms with Crippen molar-refractivity contribution in [2.75, 3.05) is 10.2 Å². The highest BCUT2D eigenvalue weighted by Crippen LogP contribution is 2.38. The van der Waals surface area contributed by atoms with Crippen LogP contribution in [0.1, 0.15) is 22.8 Å². The summed E-state index contributed by atoms with van der Waals surface area (Å²) >= 11 is 0. The zero-order valence-electron chi connectivity index (χ0n) is 14.3. The normalized spacial score (nSPS) is 12.8. The van der Waals surface area contributed by atoms with E-state index in [-0.39, 0.29) is 11.8 Å². The Morgan fingerprint density at radius 1 is 1.04 bits per heavy atom. The van der Waals surface area contributed by atoms with E-state index in [1.54, 1.807) is 17.2 Å². The van der Waals surface area contributed by atoms with Gasteiger partial charge < -0.3 is 10.2 Å². The Labute approximate surface area is 151 Å². The lowest BCUT2D eigenvalue weighted by molar-refractivity contribution is -0.114. The number of carbonyl (C=O) groups excluding carboxylic acids is 2. The smallest absolute Gasteiger partial charge is 0.259 e. The van der Waals surface area contributed by atoms with Gasteiger partial charge in [0.05, 0.1) is 23.6 Å². The molecule has 128 valence electrons. The van der Waals surface area contributed by atoms with Crippen LogP contribution in [-0.4, -0.2) is 16.8 Å². The molecule has 0 aliphatic carbocycles. The number of hydrogen-bond acceptors (Lipinski definition) is 3. The number of amides is 2. The number of rotatable bonds is 3. The van der Waals surface area contributed by atoms with Crippen molar-refractivity contribution in [3.05, 3.63) is 78.0 Å². The summed E-state index contributed by atoms with van der Waals surface area (Å²) in [5.74, 6) is -0.280. The van der Waals surface area contributed by atoms with E-state index in [0.29, 0.717) is 29.2 Å². The van der Waals surface area contributed by atoms with Crippen LogP contribution in [0.5, 0.6) is 0 Å². The highest BCUT2D eigenvalue weighted by molar-refractivity contribution is 6.13. The average molecular weight is 343 g/mol. The summed E-state index contributed by atoms with van der Waals surface area (Å²) in [6, 6.07) is 18.9. The number of fused-ring (bicyclic) bond motifs is 1. The maximum absolute atomic E-state index is 12.9. The molecule has 0 fully saturated rings. The Balaban J connectivity index is 1.85. The van der Waals surface area contributed by atoms with Gasteiger partial charge in [-0.25, -0.2) is 0 Å². The molecule has 1 aliphatic heterocycles. The number of benzene rings is 2. The van der Waals surface area contributed by atoms with Crippen LogP contribution in [0.15, 0.2) is 66.9 Å². The largest absolute Gasteiger partial charge is 0.323 e. The second kappa shape index (κ2) is 6.44. The first-order chi connectivity index (χ1) is 12.6. The van der Waals surface area contributed by atoms with Crippen molar-refractivity contribution < 1.29 is 9.59 Å². The van der Waals surface area contributed by atoms with Crippen molar-refractivity contribution in [1.82, 2.24) is 4.98 Å². The van der Waals surface area contributed by atoms with E-state index in [4.69, 9.17) is 0 Å². The minimum Gasteiger partial charge on any atom is -0.323 e. The molecule has 3 aromatic rings. The van der Waals surface area contributed by atoms with Crippen LogP contribution >= 0.6 is 0 Å². The van der Waals surface area contributed by atoms with E-state index in [1.165, 1.54) is 6.92 Å². The van der Waals surface area contributed by atoms with E-state index >= 15 is 0 Å². The third-order valence-electron chi connectivity index (χ3n) is 4.39. The highest BCUT2D eigenvalue weighted by Gasteiger charge is 2.30. The van der Waals surface area contributed by atoms with Crippen LogP contribution in [0.4, 0.5) is 11.4 Å². The molecule has 1 N–H and O–H groups in total. The van der Waals surface area contributed by atoms with Gasteiger partial charge in [-0.05, 0) is 17.7 Å². The number of carbonyl (C=O) groups is 2. The van der Waals surface area contributed by atoms with Gasteiger partial charge in [-0.15, -0.1) is 0 Å². The van der Waals surface area contributed by atoms with Gasteiger partial charge >= 0.3 is 0 Å². The first kappa shape index (κ1) is 16.0. The minimum atomic E-state index is -0.208. The fourth-order valence-electron chi connectivity index (χ4n) is 3.24. The molecule has 4 rings (SSSR count). The lowest BCUT2D eigenvalue weighted by Gasteiger charge is -2.21. The summed E-state index contributed by atoms with van der Waals surface area (Å²) in [4.78, 5) is 30.8. The number of anilines is 2. The molecule has 2 aromatic carbocycles. The van der Waals surface area contributed by atoms with Crippen LogP contribution in [0.2, 0.25) is 0 Å². The minimum absolute atomic E-state index is 0.0718. The molecule has 5 nitrogen and oxygen atoms in total. The summed E-state index contributed by atoms with van der Waals surface area (Å²) in [5, 5.41) is 2.87. The highest BCUT2D eigenvalue weighted by atomic mass is 16.2. The van der Waals surface area contributed by atoms with Gasteiger partial charge in [0.15, 0.2) is 0 Å². The zero-order chi connectivity index (χ0) is 18.1. The maximum Gasteiger partial charge on any atom is 0.259 e. The molecule has 5 heteroatoms. The quantitative estimate of drug-likeness (QED) is 0.785. The fraction of sp³-hybridized carbons (Fsp3) is 0.0952. The first-order valence-corrected chi connectivity index (χ1v) is 8.37. The van der Waals surface area contributed by atoms with Crippen LogP contribution in [-0.2, 0) is 11.3 Å². The van der Waals surface area contributed by atoms with E-state index in [9.17, 15) is 9.59 Å². The molecule has 2 heterocycles. The molecule has 0 saturated carbocycles. The second-order valence-electron chi connectivity index (χ2n) is 6.15. The average Bonchev–Trinajstić information content (AvgIpc) is 2.99. The Kier molecular flexibility index (Phi) is 3.97. The molecule has 1 aliphatic rings. The lowest BCUT2D eigenvalue weighted by atomic mass is 10.1. The molecule has 1 aromatic heterocycles. The van der Waals surface area contributed by atoms with Gasteiger partial charge in [-0.1, -0.05) is 48.5 Å². The van der Waals surface area contributed by atoms with Gasteiger partial charge in [0, 0.05) is 24.2 Å². The number of nitrogens with one attached hydrogen (secondary N) is 1. The summed E-state index contributed by atoms with van der Waals surface area (Å²) in [6.45, 7) is 1.92. The number of pyridine rings is 1. The SMILES string of the molecule is CC(=O)Nc1c(N2Cc3ccccc3C2=O)ccnc1-c1ccccc1. The standard InChI is InChI=1S/C21H17N3O2/c1-14(25)23-20-18(11-12-22-19(20)15-7-3-2-4-8-15)24-13-16-9-5-6-10-17(16)21(24)26/h2-12H,13H2,1H3,(H,23,25). The Bertz CT molecular complexity index is 999. The van der Waals surface area contributed by atoms with Crippen LogP contribution in [0.25, 0.3) is 11.3 Å². The maximum atomic E-state index is 12.9. The Morgan fingerprint density at radius 3 is 2.50 bits per heavy atom. The first-order valence-electron chi connectivity index (χ1n) is 8.37. The molecular weight excluding hydrogens is 326 g/mol. The van der Waals surface area contributed by atoms with E-state index in [1.807, 2.05) is 54.6 Å². The fourth-order valence-corrected chi connectivity index (χ4v) is 3.24. The predicted octanol–water partition coefficient (Wildman–Crippen LogP) is 3.87. The van der Waals surface area contributed by atoms with E-state index < -0.39 is 0 Å². The molecule has 0 spiro atoms. The van der Waals surface area contributed by atoms with Crippen molar-refractivity contribution in [2.45, 2.75) is 13.5 Å². The van der Waals surface area contributed by atoms with Crippen LogP contribution in [0.3, 0.4) is 0 Å². The summed E-state index contributed by atoms with van der Waals surface area (Å²) < 4.78 is 0. The molecule has 0 radical (unpaired) electrons.